The predicted molar refractivity (Wildman–Crippen MR) is 100 cm³/mol. The second-order valence-corrected chi connectivity index (χ2v) is 7.31. The molecule has 1 aromatic carbocycles. The van der Waals surface area contributed by atoms with Gasteiger partial charge < -0.3 is 15.2 Å². The summed E-state index contributed by atoms with van der Waals surface area (Å²) >= 11 is 0. The average molecular weight is 343 g/mol. The molecule has 0 saturated carbocycles. The van der Waals surface area contributed by atoms with Crippen LogP contribution >= 0.6 is 0 Å². The molecule has 136 valence electrons. The monoisotopic (exact) mass is 343 g/mol. The van der Waals surface area contributed by atoms with Gasteiger partial charge in [0.2, 0.25) is 5.91 Å². The predicted octanol–water partition coefficient (Wildman–Crippen LogP) is 4.11. The van der Waals surface area contributed by atoms with Crippen molar-refractivity contribution in [3.8, 4) is 0 Å². The zero-order valence-corrected chi connectivity index (χ0v) is 15.8. The number of rotatable bonds is 8. The summed E-state index contributed by atoms with van der Waals surface area (Å²) in [6.07, 6.45) is 1.08. The molecule has 2 aromatic rings. The van der Waals surface area contributed by atoms with Crippen molar-refractivity contribution in [1.29, 1.82) is 0 Å². The molecule has 1 amide bonds. The Morgan fingerprint density at radius 2 is 1.84 bits per heavy atom. The molecule has 0 aliphatic carbocycles. The number of carbonyl (C=O) groups is 1. The lowest BCUT2D eigenvalue weighted by molar-refractivity contribution is -0.115. The number of carbonyl (C=O) groups excluding carboxylic acids is 1. The quantitative estimate of drug-likeness (QED) is 0.757. The Bertz CT molecular complexity index is 675. The van der Waals surface area contributed by atoms with Crippen LogP contribution < -0.4 is 10.6 Å². The van der Waals surface area contributed by atoms with Crippen LogP contribution in [0.1, 0.15) is 50.6 Å². The number of anilines is 1. The molecule has 2 N–H and O–H groups in total. The fourth-order valence-corrected chi connectivity index (χ4v) is 2.89. The first-order valence-electron chi connectivity index (χ1n) is 8.90. The summed E-state index contributed by atoms with van der Waals surface area (Å²) in [4.78, 5) is 12.1. The summed E-state index contributed by atoms with van der Waals surface area (Å²) in [5, 5.41) is 9.86. The minimum Gasteiger partial charge on any atom is -0.360 e. The number of aromatic nitrogens is 1. The minimum absolute atomic E-state index is 0.123. The Hall–Kier alpha value is -2.14. The largest absolute Gasteiger partial charge is 0.360 e. The molecule has 5 nitrogen and oxygen atoms in total. The standard InChI is InChI=1S/C20H29N3O2/c1-13(2)10-16-6-8-17(9-7-16)20(14(3)4)21-12-19(24)22-18-11-15(5)25-23-18/h6-9,11,13-14,20-21H,10,12H2,1-5H3,(H,22,23,24)/t20-/m0/s1. The van der Waals surface area contributed by atoms with Crippen molar-refractivity contribution in [3.05, 3.63) is 47.2 Å². The zero-order chi connectivity index (χ0) is 18.4. The highest BCUT2D eigenvalue weighted by Crippen LogP contribution is 2.22. The number of nitrogens with zero attached hydrogens (tertiary/aromatic N) is 1. The lowest BCUT2D eigenvalue weighted by Crippen LogP contribution is -2.33. The molecule has 0 bridgehead atoms. The van der Waals surface area contributed by atoms with Crippen molar-refractivity contribution in [2.45, 2.75) is 47.1 Å². The molecular formula is C20H29N3O2. The number of amides is 1. The number of benzene rings is 1. The van der Waals surface area contributed by atoms with E-state index in [0.717, 1.165) is 6.42 Å². The molecule has 0 unspecified atom stereocenters. The van der Waals surface area contributed by atoms with E-state index in [-0.39, 0.29) is 18.5 Å². The third-order valence-electron chi connectivity index (χ3n) is 4.03. The maximum atomic E-state index is 12.1. The van der Waals surface area contributed by atoms with Crippen molar-refractivity contribution in [2.75, 3.05) is 11.9 Å². The third-order valence-corrected chi connectivity index (χ3v) is 4.03. The first-order chi connectivity index (χ1) is 11.8. The first kappa shape index (κ1) is 19.2. The van der Waals surface area contributed by atoms with Crippen LogP contribution in [-0.4, -0.2) is 17.6 Å². The second-order valence-electron chi connectivity index (χ2n) is 7.31. The highest BCUT2D eigenvalue weighted by molar-refractivity contribution is 5.91. The molecule has 1 heterocycles. The van der Waals surface area contributed by atoms with E-state index in [2.05, 4.69) is 67.8 Å². The van der Waals surface area contributed by atoms with E-state index in [1.54, 1.807) is 13.0 Å². The Balaban J connectivity index is 1.94. The molecule has 0 aliphatic heterocycles. The molecule has 0 radical (unpaired) electrons. The van der Waals surface area contributed by atoms with E-state index >= 15 is 0 Å². The van der Waals surface area contributed by atoms with E-state index in [0.29, 0.717) is 23.4 Å². The van der Waals surface area contributed by atoms with Crippen LogP contribution in [0, 0.1) is 18.8 Å². The topological polar surface area (TPSA) is 67.2 Å². The van der Waals surface area contributed by atoms with Gasteiger partial charge in [0, 0.05) is 12.1 Å². The zero-order valence-electron chi connectivity index (χ0n) is 15.8. The smallest absolute Gasteiger partial charge is 0.239 e. The van der Waals surface area contributed by atoms with E-state index in [1.165, 1.54) is 11.1 Å². The highest BCUT2D eigenvalue weighted by Gasteiger charge is 2.17. The van der Waals surface area contributed by atoms with Gasteiger partial charge in [-0.2, -0.15) is 0 Å². The maximum Gasteiger partial charge on any atom is 0.239 e. The summed E-state index contributed by atoms with van der Waals surface area (Å²) in [5.41, 5.74) is 2.55. The molecule has 1 atom stereocenters. The fourth-order valence-electron chi connectivity index (χ4n) is 2.89. The number of nitrogens with one attached hydrogen (secondary N) is 2. The Labute approximate surface area is 150 Å². The fraction of sp³-hybridized carbons (Fsp3) is 0.500. The minimum atomic E-state index is -0.129. The lowest BCUT2D eigenvalue weighted by atomic mass is 9.94. The number of hydrogen-bond donors (Lipinski definition) is 2. The second kappa shape index (κ2) is 8.81. The van der Waals surface area contributed by atoms with Crippen LogP contribution in [-0.2, 0) is 11.2 Å². The summed E-state index contributed by atoms with van der Waals surface area (Å²) < 4.78 is 4.95. The summed E-state index contributed by atoms with van der Waals surface area (Å²) in [7, 11) is 0. The van der Waals surface area contributed by atoms with Crippen LogP contribution in [0.25, 0.3) is 0 Å². The van der Waals surface area contributed by atoms with Gasteiger partial charge in [0.15, 0.2) is 5.82 Å². The van der Waals surface area contributed by atoms with Crippen LogP contribution in [0.15, 0.2) is 34.9 Å². The normalized spacial score (nSPS) is 12.6. The van der Waals surface area contributed by atoms with Gasteiger partial charge in [-0.3, -0.25) is 4.79 Å². The average Bonchev–Trinajstić information content (AvgIpc) is 2.93. The van der Waals surface area contributed by atoms with Crippen molar-refractivity contribution in [1.82, 2.24) is 10.5 Å². The van der Waals surface area contributed by atoms with Gasteiger partial charge in [-0.15, -0.1) is 0 Å². The van der Waals surface area contributed by atoms with Gasteiger partial charge in [0.05, 0.1) is 6.54 Å². The van der Waals surface area contributed by atoms with Gasteiger partial charge in [0.1, 0.15) is 5.76 Å². The van der Waals surface area contributed by atoms with Crippen molar-refractivity contribution < 1.29 is 9.32 Å². The van der Waals surface area contributed by atoms with E-state index in [4.69, 9.17) is 4.52 Å². The van der Waals surface area contributed by atoms with Crippen LogP contribution in [0.2, 0.25) is 0 Å². The van der Waals surface area contributed by atoms with Gasteiger partial charge in [0.25, 0.3) is 0 Å². The number of aryl methyl sites for hydroxylation is 1. The molecule has 0 aliphatic rings. The summed E-state index contributed by atoms with van der Waals surface area (Å²) in [5.74, 6) is 2.01. The maximum absolute atomic E-state index is 12.1. The highest BCUT2D eigenvalue weighted by atomic mass is 16.5. The van der Waals surface area contributed by atoms with Gasteiger partial charge >= 0.3 is 0 Å². The number of hydrogen-bond acceptors (Lipinski definition) is 4. The van der Waals surface area contributed by atoms with E-state index < -0.39 is 0 Å². The Morgan fingerprint density at radius 1 is 1.16 bits per heavy atom. The molecule has 1 aromatic heterocycles. The van der Waals surface area contributed by atoms with Crippen molar-refractivity contribution in [2.24, 2.45) is 11.8 Å². The molecule has 5 heteroatoms. The SMILES string of the molecule is Cc1cc(NC(=O)CN[C@H](c2ccc(CC(C)C)cc2)C(C)C)no1. The molecule has 0 saturated heterocycles. The molecule has 25 heavy (non-hydrogen) atoms. The first-order valence-corrected chi connectivity index (χ1v) is 8.90. The van der Waals surface area contributed by atoms with Gasteiger partial charge in [-0.05, 0) is 36.3 Å². The van der Waals surface area contributed by atoms with Crippen molar-refractivity contribution >= 4 is 11.7 Å². The van der Waals surface area contributed by atoms with Crippen LogP contribution in [0.4, 0.5) is 5.82 Å². The Morgan fingerprint density at radius 3 is 2.36 bits per heavy atom. The third kappa shape index (κ3) is 6.02. The van der Waals surface area contributed by atoms with Crippen molar-refractivity contribution in [3.63, 3.8) is 0 Å². The Kier molecular flexibility index (Phi) is 6.76. The van der Waals surface area contributed by atoms with Crippen LogP contribution in [0.5, 0.6) is 0 Å². The summed E-state index contributed by atoms with van der Waals surface area (Å²) in [6.45, 7) is 10.8. The van der Waals surface area contributed by atoms with E-state index in [1.807, 2.05) is 0 Å². The lowest BCUT2D eigenvalue weighted by Gasteiger charge is -2.23. The summed E-state index contributed by atoms with van der Waals surface area (Å²) in [6, 6.07) is 10.5. The van der Waals surface area contributed by atoms with Gasteiger partial charge in [-0.25, -0.2) is 0 Å². The molecule has 2 rings (SSSR count). The van der Waals surface area contributed by atoms with Gasteiger partial charge in [-0.1, -0.05) is 57.1 Å². The molecule has 0 fully saturated rings. The van der Waals surface area contributed by atoms with Crippen LogP contribution in [0.3, 0.4) is 0 Å². The molecule has 0 spiro atoms. The molecular weight excluding hydrogens is 314 g/mol. The van der Waals surface area contributed by atoms with E-state index in [9.17, 15) is 4.79 Å².